The van der Waals surface area contributed by atoms with Gasteiger partial charge in [-0.15, -0.1) is 0 Å². The van der Waals surface area contributed by atoms with E-state index >= 15 is 0 Å². The Bertz CT molecular complexity index is 2160. The van der Waals surface area contributed by atoms with E-state index in [0.717, 1.165) is 17.1 Å². The molecule has 0 aromatic heterocycles. The van der Waals surface area contributed by atoms with Gasteiger partial charge in [0.25, 0.3) is 0 Å². The van der Waals surface area contributed by atoms with E-state index in [4.69, 9.17) is 0 Å². The molecular weight excluding hydrogens is 591 g/mol. The Morgan fingerprint density at radius 1 is 0.163 bits per heavy atom. The first-order chi connectivity index (χ1) is 24.3. The van der Waals surface area contributed by atoms with Gasteiger partial charge in [0.1, 0.15) is 0 Å². The quantitative estimate of drug-likeness (QED) is 0.162. The number of nitrogens with zero attached hydrogens (tertiary/aromatic N) is 1. The number of hydrogen-bond donors (Lipinski definition) is 0. The van der Waals surface area contributed by atoms with Crippen molar-refractivity contribution >= 4 is 17.1 Å². The molecule has 8 rings (SSSR count). The molecule has 0 N–H and O–H groups in total. The Kier molecular flexibility index (Phi) is 8.39. The van der Waals surface area contributed by atoms with Crippen molar-refractivity contribution in [2.24, 2.45) is 0 Å². The highest BCUT2D eigenvalue weighted by Crippen LogP contribution is 2.38. The zero-order valence-electron chi connectivity index (χ0n) is 27.2. The molecule has 0 unspecified atom stereocenters. The van der Waals surface area contributed by atoms with Crippen LogP contribution in [0.2, 0.25) is 0 Å². The lowest BCUT2D eigenvalue weighted by Gasteiger charge is -2.26. The number of benzene rings is 8. The third-order valence-corrected chi connectivity index (χ3v) is 9.13. The molecule has 1 nitrogen and oxygen atoms in total. The normalized spacial score (nSPS) is 10.9. The lowest BCUT2D eigenvalue weighted by molar-refractivity contribution is 1.28. The maximum atomic E-state index is 2.33. The Balaban J connectivity index is 1.07. The second kappa shape index (κ2) is 13.7. The smallest absolute Gasteiger partial charge is 0.0462 e. The van der Waals surface area contributed by atoms with E-state index in [-0.39, 0.29) is 0 Å². The van der Waals surface area contributed by atoms with Crippen molar-refractivity contribution in [2.75, 3.05) is 4.90 Å². The van der Waals surface area contributed by atoms with E-state index in [9.17, 15) is 0 Å². The average Bonchev–Trinajstić information content (AvgIpc) is 3.20. The standard InChI is InChI=1S/C48H35N/c1-4-10-36(11-5-1)39-16-18-40(19-17-39)41-20-22-42(23-21-41)45-28-34-48(35-29-45)49(46-30-24-43(25-31-46)37-12-6-2-7-13-37)47-32-26-44(27-33-47)38-14-8-3-9-15-38/h1-35H. The van der Waals surface area contributed by atoms with E-state index in [2.05, 4.69) is 217 Å². The molecule has 0 aliphatic heterocycles. The van der Waals surface area contributed by atoms with Crippen molar-refractivity contribution in [3.8, 4) is 55.6 Å². The molecule has 0 spiro atoms. The van der Waals surface area contributed by atoms with Gasteiger partial charge in [-0.1, -0.05) is 176 Å². The van der Waals surface area contributed by atoms with Crippen LogP contribution in [0.4, 0.5) is 17.1 Å². The summed E-state index contributed by atoms with van der Waals surface area (Å²) in [5.41, 5.74) is 15.5. The van der Waals surface area contributed by atoms with Gasteiger partial charge in [-0.05, 0) is 92.0 Å². The fraction of sp³-hybridized carbons (Fsp3) is 0. The largest absolute Gasteiger partial charge is 0.311 e. The summed E-state index contributed by atoms with van der Waals surface area (Å²) in [6.07, 6.45) is 0. The first-order valence-electron chi connectivity index (χ1n) is 16.8. The number of rotatable bonds is 8. The molecule has 0 atom stereocenters. The molecule has 0 radical (unpaired) electrons. The minimum absolute atomic E-state index is 1.11. The van der Waals surface area contributed by atoms with Crippen LogP contribution in [-0.2, 0) is 0 Å². The first-order valence-corrected chi connectivity index (χ1v) is 16.8. The van der Waals surface area contributed by atoms with Crippen LogP contribution < -0.4 is 4.90 Å². The average molecular weight is 626 g/mol. The van der Waals surface area contributed by atoms with E-state index in [0.29, 0.717) is 0 Å². The highest BCUT2D eigenvalue weighted by molar-refractivity contribution is 5.81. The van der Waals surface area contributed by atoms with Crippen LogP contribution >= 0.6 is 0 Å². The summed E-state index contributed by atoms with van der Waals surface area (Å²) < 4.78 is 0. The second-order valence-corrected chi connectivity index (χ2v) is 12.2. The van der Waals surface area contributed by atoms with Crippen LogP contribution in [0.25, 0.3) is 55.6 Å². The summed E-state index contributed by atoms with van der Waals surface area (Å²) in [4.78, 5) is 2.33. The Morgan fingerprint density at radius 2 is 0.327 bits per heavy atom. The van der Waals surface area contributed by atoms with Gasteiger partial charge >= 0.3 is 0 Å². The molecule has 1 heteroatoms. The molecule has 232 valence electrons. The molecule has 0 fully saturated rings. The fourth-order valence-electron chi connectivity index (χ4n) is 6.46. The molecule has 0 aliphatic rings. The van der Waals surface area contributed by atoms with Gasteiger partial charge in [0, 0.05) is 17.1 Å². The maximum Gasteiger partial charge on any atom is 0.0462 e. The summed E-state index contributed by atoms with van der Waals surface area (Å²) in [5, 5.41) is 0. The lowest BCUT2D eigenvalue weighted by Crippen LogP contribution is -2.09. The minimum Gasteiger partial charge on any atom is -0.311 e. The van der Waals surface area contributed by atoms with Crippen molar-refractivity contribution < 1.29 is 0 Å². The van der Waals surface area contributed by atoms with Gasteiger partial charge in [0.05, 0.1) is 0 Å². The van der Waals surface area contributed by atoms with E-state index < -0.39 is 0 Å². The predicted molar refractivity (Wildman–Crippen MR) is 208 cm³/mol. The minimum atomic E-state index is 1.11. The van der Waals surface area contributed by atoms with Gasteiger partial charge in [-0.25, -0.2) is 0 Å². The number of hydrogen-bond acceptors (Lipinski definition) is 1. The third-order valence-electron chi connectivity index (χ3n) is 9.13. The molecule has 49 heavy (non-hydrogen) atoms. The van der Waals surface area contributed by atoms with Crippen molar-refractivity contribution in [2.45, 2.75) is 0 Å². The topological polar surface area (TPSA) is 3.24 Å². The van der Waals surface area contributed by atoms with E-state index in [1.807, 2.05) is 0 Å². The van der Waals surface area contributed by atoms with Crippen LogP contribution in [0, 0.1) is 0 Å². The van der Waals surface area contributed by atoms with Crippen LogP contribution in [0.15, 0.2) is 212 Å². The molecule has 0 saturated heterocycles. The van der Waals surface area contributed by atoms with E-state index in [1.54, 1.807) is 0 Å². The third kappa shape index (κ3) is 6.56. The maximum absolute atomic E-state index is 2.33. The highest BCUT2D eigenvalue weighted by atomic mass is 15.1. The van der Waals surface area contributed by atoms with Crippen molar-refractivity contribution in [3.63, 3.8) is 0 Å². The Morgan fingerprint density at radius 3 is 0.531 bits per heavy atom. The fourth-order valence-corrected chi connectivity index (χ4v) is 6.46. The van der Waals surface area contributed by atoms with E-state index in [1.165, 1.54) is 55.6 Å². The van der Waals surface area contributed by atoms with Crippen molar-refractivity contribution in [3.05, 3.63) is 212 Å². The van der Waals surface area contributed by atoms with Crippen LogP contribution in [0.3, 0.4) is 0 Å². The molecule has 0 aliphatic carbocycles. The molecule has 8 aromatic carbocycles. The molecule has 0 saturated carbocycles. The SMILES string of the molecule is c1ccc(-c2ccc(-c3ccc(-c4ccc(N(c5ccc(-c6ccccc6)cc5)c5ccc(-c6ccccc6)cc5)cc4)cc3)cc2)cc1. The van der Waals surface area contributed by atoms with Gasteiger partial charge < -0.3 is 4.90 Å². The highest BCUT2D eigenvalue weighted by Gasteiger charge is 2.14. The van der Waals surface area contributed by atoms with Gasteiger partial charge in [-0.3, -0.25) is 0 Å². The predicted octanol–water partition coefficient (Wildman–Crippen LogP) is 13.5. The monoisotopic (exact) mass is 625 g/mol. The summed E-state index contributed by atoms with van der Waals surface area (Å²) in [6, 6.07) is 75.9. The van der Waals surface area contributed by atoms with Crippen molar-refractivity contribution in [1.29, 1.82) is 0 Å². The van der Waals surface area contributed by atoms with Crippen LogP contribution in [-0.4, -0.2) is 0 Å². The van der Waals surface area contributed by atoms with Gasteiger partial charge in [-0.2, -0.15) is 0 Å². The zero-order valence-corrected chi connectivity index (χ0v) is 27.2. The summed E-state index contributed by atoms with van der Waals surface area (Å²) in [5.74, 6) is 0. The summed E-state index contributed by atoms with van der Waals surface area (Å²) in [6.45, 7) is 0. The molecule has 0 heterocycles. The lowest BCUT2D eigenvalue weighted by atomic mass is 9.98. The van der Waals surface area contributed by atoms with Crippen LogP contribution in [0.5, 0.6) is 0 Å². The van der Waals surface area contributed by atoms with Gasteiger partial charge in [0.2, 0.25) is 0 Å². The molecular formula is C48H35N. The molecule has 0 bridgehead atoms. The summed E-state index contributed by atoms with van der Waals surface area (Å²) in [7, 11) is 0. The van der Waals surface area contributed by atoms with Crippen LogP contribution in [0.1, 0.15) is 0 Å². The molecule has 8 aromatic rings. The summed E-state index contributed by atoms with van der Waals surface area (Å²) >= 11 is 0. The van der Waals surface area contributed by atoms with Gasteiger partial charge in [0.15, 0.2) is 0 Å². The molecule has 0 amide bonds. The Hall–Kier alpha value is -6.44. The Labute approximate surface area is 289 Å². The van der Waals surface area contributed by atoms with Crippen molar-refractivity contribution in [1.82, 2.24) is 0 Å². The number of anilines is 3. The first kappa shape index (κ1) is 29.9. The second-order valence-electron chi connectivity index (χ2n) is 12.2. The zero-order chi connectivity index (χ0) is 32.8.